The Kier molecular flexibility index (Phi) is 4.13. The molecule has 3 rings (SSSR count). The largest absolute Gasteiger partial charge is 0.340 e. The number of benzene rings is 1. The number of nitro groups is 1. The molecule has 2 heterocycles. The van der Waals surface area contributed by atoms with Crippen molar-refractivity contribution >= 4 is 28.8 Å². The molecule has 24 heavy (non-hydrogen) atoms. The van der Waals surface area contributed by atoms with E-state index in [1.807, 2.05) is 19.1 Å². The third kappa shape index (κ3) is 3.33. The zero-order valence-corrected chi connectivity index (χ0v) is 13.7. The van der Waals surface area contributed by atoms with E-state index in [2.05, 4.69) is 20.4 Å². The molecule has 0 fully saturated rings. The van der Waals surface area contributed by atoms with Gasteiger partial charge in [-0.05, 0) is 31.5 Å². The Balaban J connectivity index is 1.96. The highest BCUT2D eigenvalue weighted by Gasteiger charge is 2.13. The third-order valence-electron chi connectivity index (χ3n) is 3.29. The predicted octanol–water partition coefficient (Wildman–Crippen LogP) is 3.58. The van der Waals surface area contributed by atoms with Crippen LogP contribution in [0.25, 0.3) is 5.95 Å². The minimum Gasteiger partial charge on any atom is -0.340 e. The molecule has 0 amide bonds. The molecule has 0 unspecified atom stereocenters. The van der Waals surface area contributed by atoms with Gasteiger partial charge in [-0.2, -0.15) is 14.8 Å². The minimum absolute atomic E-state index is 0.125. The lowest BCUT2D eigenvalue weighted by Crippen LogP contribution is -2.06. The first-order valence-corrected chi connectivity index (χ1v) is 7.38. The quantitative estimate of drug-likeness (QED) is 0.573. The highest BCUT2D eigenvalue weighted by atomic mass is 35.5. The fourth-order valence-corrected chi connectivity index (χ4v) is 2.28. The molecule has 2 aromatic heterocycles. The van der Waals surface area contributed by atoms with Crippen LogP contribution in [0.4, 0.5) is 17.2 Å². The van der Waals surface area contributed by atoms with Crippen LogP contribution in [0.5, 0.6) is 0 Å². The fraction of sp³-hybridized carbons (Fsp3) is 0.133. The van der Waals surface area contributed by atoms with Gasteiger partial charge < -0.3 is 5.32 Å². The summed E-state index contributed by atoms with van der Waals surface area (Å²) in [5.41, 5.74) is 2.39. The average Bonchev–Trinajstić information content (AvgIpc) is 3.01. The molecule has 8 nitrogen and oxygen atoms in total. The van der Waals surface area contributed by atoms with Gasteiger partial charge in [-0.3, -0.25) is 10.1 Å². The Morgan fingerprint density at radius 3 is 2.75 bits per heavy atom. The molecule has 0 radical (unpaired) electrons. The molecule has 122 valence electrons. The maximum Gasteiger partial charge on any atom is 0.307 e. The molecule has 3 aromatic rings. The van der Waals surface area contributed by atoms with E-state index >= 15 is 0 Å². The van der Waals surface area contributed by atoms with Crippen molar-refractivity contribution in [3.63, 3.8) is 0 Å². The summed E-state index contributed by atoms with van der Waals surface area (Å²) < 4.78 is 1.27. The number of nitrogens with one attached hydrogen (secondary N) is 1. The van der Waals surface area contributed by atoms with E-state index in [0.29, 0.717) is 16.5 Å². The Bertz CT molecular complexity index is 924. The predicted molar refractivity (Wildman–Crippen MR) is 90.0 cm³/mol. The van der Waals surface area contributed by atoms with E-state index in [1.54, 1.807) is 19.1 Å². The summed E-state index contributed by atoms with van der Waals surface area (Å²) in [4.78, 5) is 18.9. The van der Waals surface area contributed by atoms with Crippen LogP contribution < -0.4 is 5.32 Å². The normalized spacial score (nSPS) is 10.6. The molecular weight excluding hydrogens is 332 g/mol. The first-order chi connectivity index (χ1) is 11.4. The van der Waals surface area contributed by atoms with E-state index in [-0.39, 0.29) is 11.6 Å². The molecule has 0 aliphatic rings. The van der Waals surface area contributed by atoms with E-state index in [1.165, 1.54) is 10.9 Å². The standard InChI is InChI=1S/C15H13ClN6O2/c1-9-3-4-11(16)6-13(9)19-14-5-10(2)18-15(20-14)21-8-12(7-17-21)22(23)24/h3-8H,1-2H3,(H,18,19,20). The molecule has 0 atom stereocenters. The highest BCUT2D eigenvalue weighted by Crippen LogP contribution is 2.24. The molecule has 9 heteroatoms. The third-order valence-corrected chi connectivity index (χ3v) is 3.52. The molecular formula is C15H13ClN6O2. The van der Waals surface area contributed by atoms with Crippen molar-refractivity contribution in [1.82, 2.24) is 19.7 Å². The molecule has 0 aliphatic carbocycles. The van der Waals surface area contributed by atoms with Gasteiger partial charge in [0.2, 0.25) is 0 Å². The lowest BCUT2D eigenvalue weighted by atomic mass is 10.2. The summed E-state index contributed by atoms with van der Waals surface area (Å²) in [5.74, 6) is 0.784. The first-order valence-electron chi connectivity index (χ1n) is 7.00. The SMILES string of the molecule is Cc1cc(Nc2cc(Cl)ccc2C)nc(-n2cc([N+](=O)[O-])cn2)n1. The van der Waals surface area contributed by atoms with Gasteiger partial charge in [0.1, 0.15) is 18.2 Å². The van der Waals surface area contributed by atoms with Crippen molar-refractivity contribution < 1.29 is 4.92 Å². The van der Waals surface area contributed by atoms with Crippen LogP contribution >= 0.6 is 11.6 Å². The monoisotopic (exact) mass is 344 g/mol. The van der Waals surface area contributed by atoms with Gasteiger partial charge in [0.15, 0.2) is 0 Å². The van der Waals surface area contributed by atoms with E-state index in [0.717, 1.165) is 17.4 Å². The average molecular weight is 345 g/mol. The van der Waals surface area contributed by atoms with E-state index in [4.69, 9.17) is 11.6 Å². The summed E-state index contributed by atoms with van der Waals surface area (Å²) in [6.07, 6.45) is 2.42. The molecule has 0 saturated carbocycles. The second kappa shape index (κ2) is 6.25. The van der Waals surface area contributed by atoms with Crippen molar-refractivity contribution in [3.05, 3.63) is 63.1 Å². The van der Waals surface area contributed by atoms with Gasteiger partial charge in [0, 0.05) is 22.5 Å². The maximum absolute atomic E-state index is 10.8. The summed E-state index contributed by atoms with van der Waals surface area (Å²) in [6, 6.07) is 7.27. The Labute approximate surface area is 142 Å². The Morgan fingerprint density at radius 2 is 2.04 bits per heavy atom. The zero-order valence-electron chi connectivity index (χ0n) is 12.9. The zero-order chi connectivity index (χ0) is 17.3. The molecule has 0 spiro atoms. The number of hydrogen-bond acceptors (Lipinski definition) is 6. The van der Waals surface area contributed by atoms with Gasteiger partial charge >= 0.3 is 5.69 Å². The van der Waals surface area contributed by atoms with Gasteiger partial charge in [-0.1, -0.05) is 17.7 Å². The number of halogens is 1. The van der Waals surface area contributed by atoms with Crippen LogP contribution in [0.3, 0.4) is 0 Å². The molecule has 0 saturated heterocycles. The van der Waals surface area contributed by atoms with Gasteiger partial charge in [-0.15, -0.1) is 0 Å². The van der Waals surface area contributed by atoms with Crippen molar-refractivity contribution in [2.75, 3.05) is 5.32 Å². The van der Waals surface area contributed by atoms with Crippen LogP contribution in [0.2, 0.25) is 5.02 Å². The van der Waals surface area contributed by atoms with Gasteiger partial charge in [0.05, 0.1) is 4.92 Å². The summed E-state index contributed by atoms with van der Waals surface area (Å²) in [5, 5.41) is 18.5. The van der Waals surface area contributed by atoms with Crippen LogP contribution in [-0.2, 0) is 0 Å². The first kappa shape index (κ1) is 15.9. The lowest BCUT2D eigenvalue weighted by molar-refractivity contribution is -0.384. The molecule has 1 N–H and O–H groups in total. The van der Waals surface area contributed by atoms with Gasteiger partial charge in [-0.25, -0.2) is 4.98 Å². The summed E-state index contributed by atoms with van der Waals surface area (Å²) in [7, 11) is 0. The van der Waals surface area contributed by atoms with Crippen molar-refractivity contribution in [2.45, 2.75) is 13.8 Å². The van der Waals surface area contributed by atoms with Crippen molar-refractivity contribution in [2.24, 2.45) is 0 Å². The lowest BCUT2D eigenvalue weighted by Gasteiger charge is -2.11. The van der Waals surface area contributed by atoms with Crippen LogP contribution in [-0.4, -0.2) is 24.7 Å². The van der Waals surface area contributed by atoms with Gasteiger partial charge in [0.25, 0.3) is 5.95 Å². The number of aryl methyl sites for hydroxylation is 2. The number of aromatic nitrogens is 4. The summed E-state index contributed by atoms with van der Waals surface area (Å²) >= 11 is 6.02. The number of rotatable bonds is 4. The Morgan fingerprint density at radius 1 is 1.25 bits per heavy atom. The highest BCUT2D eigenvalue weighted by molar-refractivity contribution is 6.30. The second-order valence-electron chi connectivity index (χ2n) is 5.18. The van der Waals surface area contributed by atoms with Crippen LogP contribution in [0.1, 0.15) is 11.3 Å². The topological polar surface area (TPSA) is 98.8 Å². The maximum atomic E-state index is 10.8. The smallest absolute Gasteiger partial charge is 0.307 e. The minimum atomic E-state index is -0.520. The molecule has 0 aliphatic heterocycles. The fourth-order valence-electron chi connectivity index (χ4n) is 2.10. The molecule has 0 bridgehead atoms. The Hall–Kier alpha value is -3.00. The second-order valence-corrected chi connectivity index (χ2v) is 5.62. The van der Waals surface area contributed by atoms with E-state index < -0.39 is 4.92 Å². The van der Waals surface area contributed by atoms with E-state index in [9.17, 15) is 10.1 Å². The van der Waals surface area contributed by atoms with Crippen LogP contribution in [0, 0.1) is 24.0 Å². The van der Waals surface area contributed by atoms with Crippen LogP contribution in [0.15, 0.2) is 36.7 Å². The van der Waals surface area contributed by atoms with Crippen molar-refractivity contribution in [1.29, 1.82) is 0 Å². The van der Waals surface area contributed by atoms with Crippen molar-refractivity contribution in [3.8, 4) is 5.95 Å². The number of hydrogen-bond donors (Lipinski definition) is 1. The summed E-state index contributed by atoms with van der Waals surface area (Å²) in [6.45, 7) is 3.75. The molecule has 1 aromatic carbocycles. The number of anilines is 2. The number of nitrogens with zero attached hydrogens (tertiary/aromatic N) is 5.